The van der Waals surface area contributed by atoms with Gasteiger partial charge in [0.1, 0.15) is 12.6 Å². The Morgan fingerprint density at radius 2 is 1.28 bits per heavy atom. The molecule has 24 nitrogen and oxygen atoms in total. The van der Waals surface area contributed by atoms with E-state index in [1.807, 2.05) is 0 Å². The first kappa shape index (κ1) is 64.7. The van der Waals surface area contributed by atoms with Crippen LogP contribution in [0.4, 0.5) is 16.4 Å². The van der Waals surface area contributed by atoms with E-state index in [2.05, 4.69) is 48.1 Å². The number of anilines is 2. The van der Waals surface area contributed by atoms with Crippen LogP contribution in [0.5, 0.6) is 0 Å². The van der Waals surface area contributed by atoms with E-state index in [0.717, 1.165) is 19.3 Å². The minimum atomic E-state index is -2.14. The number of hydrogen-bond acceptors (Lipinski definition) is 19. The van der Waals surface area contributed by atoms with Crippen LogP contribution in [0.15, 0.2) is 35.3 Å². The second-order valence-corrected chi connectivity index (χ2v) is 18.7. The number of aromatic nitrogens is 4. The number of aliphatic carboxylic acids is 1. The van der Waals surface area contributed by atoms with Crippen LogP contribution in [0.25, 0.3) is 11.2 Å². The molecular weight excluding hydrogens is 1010 g/mol. The number of ether oxygens (including phenoxy) is 5. The zero-order valence-corrected chi connectivity index (χ0v) is 45.1. The number of hydrogen-bond donors (Lipinski definition) is 8. The first-order chi connectivity index (χ1) is 36.9. The number of benzene rings is 1. The Kier molecular flexibility index (Phi) is 35.3. The van der Waals surface area contributed by atoms with Gasteiger partial charge in [-0.05, 0) is 37.1 Å². The van der Waals surface area contributed by atoms with Gasteiger partial charge in [-0.15, -0.1) is 0 Å². The van der Waals surface area contributed by atoms with Gasteiger partial charge in [0.25, 0.3) is 11.5 Å². The molecule has 0 saturated heterocycles. The summed E-state index contributed by atoms with van der Waals surface area (Å²) in [5, 5.41) is 20.4. The molecule has 426 valence electrons. The molecule has 1 unspecified atom stereocenters. The molecule has 0 radical (unpaired) electrons. The number of carboxylic acid groups (broad SMARTS) is 1. The second kappa shape index (κ2) is 41.5. The van der Waals surface area contributed by atoms with Crippen LogP contribution in [0, 0.1) is 0 Å². The Morgan fingerprint density at radius 3 is 1.92 bits per heavy atom. The standard InChI is InChI=1S/C51H82N9O15P/c1-2-3-4-5-6-7-8-9-10-11-12-13-14-15-16-18-44(62)72-27-17-28-74-76(68)75-30-26-54-51(67)73-36-35-71-34-33-70-32-31-69-29-25-53-43(61)24-23-42(49(65)66)58-47(63)39-19-21-40(22-20-39)55-37-41-38-56-46-45(57-41)48(64)60-50(52)59-46/h19-22,38,42,55,68H,2-18,23-37H2,1H3,(H,53,61)(H,54,67)(H,58,63)(H,65,66)(H3,52,56,59,60,64)/t42-,76?/m1/s1. The fourth-order valence-electron chi connectivity index (χ4n) is 7.31. The van der Waals surface area contributed by atoms with Crippen molar-refractivity contribution >= 4 is 61.2 Å². The predicted octanol–water partition coefficient (Wildman–Crippen LogP) is 6.21. The maximum absolute atomic E-state index is 12.8. The Morgan fingerprint density at radius 1 is 0.684 bits per heavy atom. The molecule has 2 atom stereocenters. The smallest absolute Gasteiger partial charge is 0.407 e. The van der Waals surface area contributed by atoms with Crippen molar-refractivity contribution in [2.75, 3.05) is 90.2 Å². The first-order valence-corrected chi connectivity index (χ1v) is 27.8. The molecule has 0 fully saturated rings. The minimum absolute atomic E-state index is 0.00445. The summed E-state index contributed by atoms with van der Waals surface area (Å²) in [6.45, 7) is 4.50. The largest absolute Gasteiger partial charge is 0.480 e. The van der Waals surface area contributed by atoms with Crippen LogP contribution in [0.3, 0.4) is 0 Å². The fourth-order valence-corrected chi connectivity index (χ4v) is 7.92. The highest BCUT2D eigenvalue weighted by Crippen LogP contribution is 2.32. The molecule has 2 heterocycles. The van der Waals surface area contributed by atoms with Gasteiger partial charge in [0.15, 0.2) is 11.2 Å². The Balaban J connectivity index is 1.05. The van der Waals surface area contributed by atoms with Crippen LogP contribution in [-0.2, 0) is 53.7 Å². The lowest BCUT2D eigenvalue weighted by atomic mass is 10.0. The van der Waals surface area contributed by atoms with Crippen LogP contribution in [0.2, 0.25) is 0 Å². The van der Waals surface area contributed by atoms with Gasteiger partial charge in [-0.1, -0.05) is 96.8 Å². The normalized spacial score (nSPS) is 12.0. The topological polar surface area (TPSA) is 336 Å². The van der Waals surface area contributed by atoms with E-state index in [4.69, 9.17) is 38.5 Å². The lowest BCUT2D eigenvalue weighted by Gasteiger charge is -2.15. The molecular formula is C51H82N9O15P. The van der Waals surface area contributed by atoms with Gasteiger partial charge in [0, 0.05) is 43.6 Å². The zero-order valence-electron chi connectivity index (χ0n) is 44.2. The molecule has 76 heavy (non-hydrogen) atoms. The van der Waals surface area contributed by atoms with Gasteiger partial charge in [-0.25, -0.2) is 19.6 Å². The van der Waals surface area contributed by atoms with E-state index in [1.54, 1.807) is 12.1 Å². The molecule has 0 saturated carbocycles. The van der Waals surface area contributed by atoms with Crippen molar-refractivity contribution in [3.8, 4) is 0 Å². The number of nitrogens with one attached hydrogen (secondary N) is 5. The molecule has 25 heteroatoms. The van der Waals surface area contributed by atoms with Crippen LogP contribution >= 0.6 is 8.60 Å². The lowest BCUT2D eigenvalue weighted by Crippen LogP contribution is -2.41. The third-order valence-corrected chi connectivity index (χ3v) is 12.3. The second-order valence-electron chi connectivity index (χ2n) is 17.7. The number of rotatable bonds is 46. The van der Waals surface area contributed by atoms with Crippen molar-refractivity contribution in [2.45, 2.75) is 142 Å². The van der Waals surface area contributed by atoms with Gasteiger partial charge in [-0.3, -0.25) is 24.2 Å². The fraction of sp³-hybridized carbons (Fsp3) is 0.667. The Bertz CT molecular complexity index is 2160. The number of carboxylic acids is 1. The van der Waals surface area contributed by atoms with E-state index in [-0.39, 0.29) is 127 Å². The van der Waals surface area contributed by atoms with Crippen molar-refractivity contribution in [3.05, 3.63) is 52.1 Å². The number of carbonyl (C=O) groups is 5. The maximum Gasteiger partial charge on any atom is 0.407 e. The van der Waals surface area contributed by atoms with Crippen molar-refractivity contribution in [1.29, 1.82) is 0 Å². The molecule has 2 aromatic heterocycles. The number of unbranched alkanes of at least 4 members (excludes halogenated alkanes) is 14. The summed E-state index contributed by atoms with van der Waals surface area (Å²) in [7, 11) is -2.14. The Hall–Kier alpha value is -5.62. The number of aromatic amines is 1. The maximum atomic E-state index is 12.8. The predicted molar refractivity (Wildman–Crippen MR) is 285 cm³/mol. The van der Waals surface area contributed by atoms with Gasteiger partial charge in [0.05, 0.1) is 77.9 Å². The van der Waals surface area contributed by atoms with E-state index >= 15 is 0 Å². The first-order valence-electron chi connectivity index (χ1n) is 26.6. The van der Waals surface area contributed by atoms with Gasteiger partial charge >= 0.3 is 26.6 Å². The third kappa shape index (κ3) is 31.4. The SMILES string of the molecule is CCCCCCCCCCCCCCCCCC(=O)OCCCOP(O)OCCNC(=O)OCCOCCOCCOCCNC(=O)CC[C@@H](NC(=O)c1ccc(NCc2cnc3nc(N)[nH]c(=O)c3n2)cc1)C(=O)O. The van der Waals surface area contributed by atoms with Gasteiger partial charge < -0.3 is 69.7 Å². The number of esters is 1. The average molecular weight is 1090 g/mol. The van der Waals surface area contributed by atoms with Crippen molar-refractivity contribution in [3.63, 3.8) is 0 Å². The number of nitrogen functional groups attached to an aromatic ring is 1. The third-order valence-electron chi connectivity index (χ3n) is 11.5. The molecule has 3 aromatic rings. The highest BCUT2D eigenvalue weighted by atomic mass is 31.2. The molecule has 1 aromatic carbocycles. The summed E-state index contributed by atoms with van der Waals surface area (Å²) in [5.74, 6) is -2.60. The quantitative estimate of drug-likeness (QED) is 0.0177. The molecule has 3 amide bonds. The monoisotopic (exact) mass is 1090 g/mol. The number of amides is 3. The molecule has 0 aliphatic heterocycles. The van der Waals surface area contributed by atoms with Crippen LogP contribution in [0.1, 0.15) is 145 Å². The number of alkyl carbamates (subject to hydrolysis) is 1. The summed E-state index contributed by atoms with van der Waals surface area (Å²) in [6, 6.07) is 4.95. The summed E-state index contributed by atoms with van der Waals surface area (Å²) in [5.41, 5.74) is 6.48. The molecule has 0 spiro atoms. The highest BCUT2D eigenvalue weighted by molar-refractivity contribution is 7.40. The lowest BCUT2D eigenvalue weighted by molar-refractivity contribution is -0.144. The molecule has 3 rings (SSSR count). The number of fused-ring (bicyclic) bond motifs is 1. The summed E-state index contributed by atoms with van der Waals surface area (Å²) in [4.78, 5) is 97.6. The average Bonchev–Trinajstić information content (AvgIpc) is 3.40. The van der Waals surface area contributed by atoms with Crippen molar-refractivity contribution in [1.82, 2.24) is 35.9 Å². The number of carbonyl (C=O) groups excluding carboxylic acids is 4. The number of H-pyrrole nitrogens is 1. The van der Waals surface area contributed by atoms with Crippen LogP contribution < -0.4 is 32.6 Å². The number of nitrogens with zero attached hydrogens (tertiary/aromatic N) is 3. The van der Waals surface area contributed by atoms with E-state index in [9.17, 15) is 38.8 Å². The van der Waals surface area contributed by atoms with Gasteiger partial charge in [0.2, 0.25) is 11.9 Å². The summed E-state index contributed by atoms with van der Waals surface area (Å²) >= 11 is 0. The molecule has 0 bridgehead atoms. The van der Waals surface area contributed by atoms with Crippen molar-refractivity contribution in [2.24, 2.45) is 0 Å². The summed E-state index contributed by atoms with van der Waals surface area (Å²) in [6.07, 6.45) is 20.4. The molecule has 9 N–H and O–H groups in total. The van der Waals surface area contributed by atoms with Gasteiger partial charge in [-0.2, -0.15) is 4.98 Å². The van der Waals surface area contributed by atoms with E-state index in [1.165, 1.54) is 95.4 Å². The molecule has 0 aliphatic rings. The van der Waals surface area contributed by atoms with Crippen molar-refractivity contribution < 1.29 is 66.7 Å². The Labute approximate surface area is 446 Å². The number of nitrogens with two attached hydrogens (primary N) is 1. The highest BCUT2D eigenvalue weighted by Gasteiger charge is 2.22. The van der Waals surface area contributed by atoms with Crippen LogP contribution in [-0.4, -0.2) is 145 Å². The minimum Gasteiger partial charge on any atom is -0.480 e. The van der Waals surface area contributed by atoms with E-state index < -0.39 is 44.1 Å². The summed E-state index contributed by atoms with van der Waals surface area (Å²) < 4.78 is 36.9. The zero-order chi connectivity index (χ0) is 54.9. The van der Waals surface area contributed by atoms with E-state index in [0.29, 0.717) is 24.2 Å². The molecule has 0 aliphatic carbocycles.